The van der Waals surface area contributed by atoms with Crippen molar-refractivity contribution in [2.75, 3.05) is 11.1 Å². The van der Waals surface area contributed by atoms with Crippen molar-refractivity contribution in [3.05, 3.63) is 50.7 Å². The van der Waals surface area contributed by atoms with E-state index in [1.807, 2.05) is 6.92 Å². The molecular formula is C15H14ClF3N4O2S. The van der Waals surface area contributed by atoms with Gasteiger partial charge in [-0.05, 0) is 24.1 Å². The van der Waals surface area contributed by atoms with Crippen LogP contribution in [0.25, 0.3) is 0 Å². The minimum absolute atomic E-state index is 0.0458. The number of hydrogen-bond acceptors (Lipinski definition) is 6. The highest BCUT2D eigenvalue weighted by atomic mass is 35.5. The number of nitro groups is 1. The fraction of sp³-hybridized carbons (Fsp3) is 0.333. The number of halogens is 4. The first-order valence-corrected chi connectivity index (χ1v) is 8.83. The molecule has 0 spiro atoms. The summed E-state index contributed by atoms with van der Waals surface area (Å²) in [6.07, 6.45) is -3.56. The van der Waals surface area contributed by atoms with Gasteiger partial charge in [-0.1, -0.05) is 42.4 Å². The molecule has 0 saturated heterocycles. The molecule has 0 fully saturated rings. The van der Waals surface area contributed by atoms with Crippen LogP contribution in [0.15, 0.2) is 29.4 Å². The molecule has 0 atom stereocenters. The van der Waals surface area contributed by atoms with E-state index in [2.05, 4.69) is 15.3 Å². The number of hydrogen-bond donors (Lipinski definition) is 1. The van der Waals surface area contributed by atoms with E-state index in [0.29, 0.717) is 11.3 Å². The Bertz CT molecular complexity index is 788. The average molecular weight is 407 g/mol. The first-order valence-electron chi connectivity index (χ1n) is 7.47. The van der Waals surface area contributed by atoms with Gasteiger partial charge in [-0.3, -0.25) is 10.1 Å². The largest absolute Gasteiger partial charge is 0.416 e. The van der Waals surface area contributed by atoms with E-state index in [4.69, 9.17) is 11.6 Å². The molecule has 1 heterocycles. The lowest BCUT2D eigenvalue weighted by molar-refractivity contribution is -0.384. The molecule has 140 valence electrons. The smallest absolute Gasteiger partial charge is 0.360 e. The summed E-state index contributed by atoms with van der Waals surface area (Å²) in [5.41, 5.74) is -0.736. The monoisotopic (exact) mass is 406 g/mol. The van der Waals surface area contributed by atoms with E-state index in [-0.39, 0.29) is 22.7 Å². The van der Waals surface area contributed by atoms with Gasteiger partial charge in [0.05, 0.1) is 10.5 Å². The third-order valence-corrected chi connectivity index (χ3v) is 4.50. The number of benzene rings is 1. The van der Waals surface area contributed by atoms with Crippen LogP contribution in [0.4, 0.5) is 24.7 Å². The molecule has 6 nitrogen and oxygen atoms in total. The Morgan fingerprint density at radius 3 is 2.46 bits per heavy atom. The Hall–Kier alpha value is -2.07. The molecule has 0 unspecified atom stereocenters. The lowest BCUT2D eigenvalue weighted by Gasteiger charge is -2.10. The number of nitrogens with one attached hydrogen (secondary N) is 1. The zero-order chi connectivity index (χ0) is 19.3. The topological polar surface area (TPSA) is 81.0 Å². The van der Waals surface area contributed by atoms with Crippen molar-refractivity contribution < 1.29 is 18.1 Å². The highest BCUT2D eigenvalue weighted by molar-refractivity contribution is 7.99. The molecule has 0 bridgehead atoms. The highest BCUT2D eigenvalue weighted by Gasteiger charge is 2.30. The molecule has 2 aromatic rings. The number of nitrogens with zero attached hydrogens (tertiary/aromatic N) is 3. The molecule has 1 aromatic carbocycles. The van der Waals surface area contributed by atoms with Crippen molar-refractivity contribution in [3.8, 4) is 0 Å². The molecule has 0 amide bonds. The molecule has 1 N–H and O–H groups in total. The van der Waals surface area contributed by atoms with Gasteiger partial charge in [0.2, 0.25) is 11.0 Å². The zero-order valence-corrected chi connectivity index (χ0v) is 15.1. The maximum absolute atomic E-state index is 12.6. The van der Waals surface area contributed by atoms with E-state index >= 15 is 0 Å². The Balaban J connectivity index is 2.21. The Kier molecular flexibility index (Phi) is 6.65. The summed E-state index contributed by atoms with van der Waals surface area (Å²) in [6.45, 7) is 2.01. The summed E-state index contributed by atoms with van der Waals surface area (Å²) in [5, 5.41) is 14.0. The van der Waals surface area contributed by atoms with Crippen molar-refractivity contribution in [2.24, 2.45) is 0 Å². The summed E-state index contributed by atoms with van der Waals surface area (Å²) in [6, 6.07) is 4.47. The molecule has 0 aliphatic rings. The maximum Gasteiger partial charge on any atom is 0.416 e. The van der Waals surface area contributed by atoms with Crippen LogP contribution in [0.2, 0.25) is 5.15 Å². The second-order valence-corrected chi connectivity index (χ2v) is 6.57. The van der Waals surface area contributed by atoms with Crippen molar-refractivity contribution in [3.63, 3.8) is 0 Å². The highest BCUT2D eigenvalue weighted by Crippen LogP contribution is 2.33. The molecule has 0 aliphatic carbocycles. The number of thioether (sulfide) groups is 1. The molecule has 0 radical (unpaired) electrons. The van der Waals surface area contributed by atoms with E-state index in [1.54, 1.807) is 0 Å². The van der Waals surface area contributed by atoms with Gasteiger partial charge in [-0.15, -0.1) is 0 Å². The van der Waals surface area contributed by atoms with Gasteiger partial charge < -0.3 is 5.32 Å². The third-order valence-electron chi connectivity index (χ3n) is 3.18. The van der Waals surface area contributed by atoms with Gasteiger partial charge in [0.1, 0.15) is 0 Å². The van der Waals surface area contributed by atoms with Crippen LogP contribution < -0.4 is 5.32 Å². The van der Waals surface area contributed by atoms with Crippen LogP contribution in [0, 0.1) is 10.1 Å². The fourth-order valence-electron chi connectivity index (χ4n) is 1.95. The van der Waals surface area contributed by atoms with E-state index < -0.39 is 22.4 Å². The van der Waals surface area contributed by atoms with Crippen LogP contribution in [0.1, 0.15) is 24.5 Å². The third kappa shape index (κ3) is 5.21. The number of anilines is 1. The molecule has 0 aliphatic heterocycles. The lowest BCUT2D eigenvalue weighted by atomic mass is 10.1. The fourth-order valence-corrected chi connectivity index (χ4v) is 2.94. The van der Waals surface area contributed by atoms with Crippen molar-refractivity contribution in [1.29, 1.82) is 0 Å². The van der Waals surface area contributed by atoms with Gasteiger partial charge in [0.15, 0.2) is 5.16 Å². The van der Waals surface area contributed by atoms with Crippen molar-refractivity contribution in [2.45, 2.75) is 31.2 Å². The first kappa shape index (κ1) is 20.2. The molecule has 26 heavy (non-hydrogen) atoms. The summed E-state index contributed by atoms with van der Waals surface area (Å²) in [5.74, 6) is 0.639. The second-order valence-electron chi connectivity index (χ2n) is 5.15. The molecule has 11 heteroatoms. The number of alkyl halides is 3. The van der Waals surface area contributed by atoms with Crippen LogP contribution in [0.3, 0.4) is 0 Å². The quantitative estimate of drug-likeness (QED) is 0.224. The van der Waals surface area contributed by atoms with Crippen molar-refractivity contribution >= 4 is 34.9 Å². The lowest BCUT2D eigenvalue weighted by Crippen LogP contribution is -2.08. The van der Waals surface area contributed by atoms with Gasteiger partial charge in [0, 0.05) is 12.3 Å². The predicted octanol–water partition coefficient (Wildman–Crippen LogP) is 5.17. The predicted molar refractivity (Wildman–Crippen MR) is 93.5 cm³/mol. The van der Waals surface area contributed by atoms with Crippen LogP contribution >= 0.6 is 23.4 Å². The number of rotatable bonds is 7. The zero-order valence-electron chi connectivity index (χ0n) is 13.5. The van der Waals surface area contributed by atoms with Gasteiger partial charge >= 0.3 is 11.9 Å². The summed E-state index contributed by atoms with van der Waals surface area (Å²) in [4.78, 5) is 18.5. The minimum atomic E-state index is -4.42. The Morgan fingerprint density at radius 2 is 1.92 bits per heavy atom. The normalized spacial score (nSPS) is 11.4. The Labute approximate surface area is 156 Å². The summed E-state index contributed by atoms with van der Waals surface area (Å²) < 4.78 is 37.7. The van der Waals surface area contributed by atoms with Crippen LogP contribution in [-0.4, -0.2) is 20.6 Å². The molecule has 0 saturated carbocycles. The maximum atomic E-state index is 12.6. The van der Waals surface area contributed by atoms with Gasteiger partial charge in [-0.25, -0.2) is 4.98 Å². The second kappa shape index (κ2) is 8.54. The van der Waals surface area contributed by atoms with Crippen molar-refractivity contribution in [1.82, 2.24) is 9.97 Å². The van der Waals surface area contributed by atoms with Crippen LogP contribution in [-0.2, 0) is 12.7 Å². The van der Waals surface area contributed by atoms with E-state index in [9.17, 15) is 23.3 Å². The molecule has 2 rings (SSSR count). The SMILES string of the molecule is CCCSc1nc(Cl)c([N+](=O)[O-])c(NCc2ccc(C(F)(F)F)cc2)n1. The summed E-state index contributed by atoms with van der Waals surface area (Å²) in [7, 11) is 0. The van der Waals surface area contributed by atoms with Gasteiger partial charge in [-0.2, -0.15) is 18.2 Å². The first-order chi connectivity index (χ1) is 12.2. The minimum Gasteiger partial charge on any atom is -0.360 e. The van der Waals surface area contributed by atoms with Crippen LogP contribution in [0.5, 0.6) is 0 Å². The average Bonchev–Trinajstić information content (AvgIpc) is 2.57. The molecule has 1 aromatic heterocycles. The number of aromatic nitrogens is 2. The van der Waals surface area contributed by atoms with E-state index in [0.717, 1.165) is 18.6 Å². The van der Waals surface area contributed by atoms with E-state index in [1.165, 1.54) is 23.9 Å². The standard InChI is InChI=1S/C15H14ClF3N4O2S/c1-2-7-26-14-21-12(16)11(23(24)25)13(22-14)20-8-9-3-5-10(6-4-9)15(17,18)19/h3-6H,2,7-8H2,1H3,(H,20,21,22). The summed E-state index contributed by atoms with van der Waals surface area (Å²) >= 11 is 7.19. The molecular weight excluding hydrogens is 393 g/mol. The Morgan fingerprint density at radius 1 is 1.27 bits per heavy atom. The van der Waals surface area contributed by atoms with Gasteiger partial charge in [0.25, 0.3) is 0 Å².